The molecule has 5 N–H and O–H groups in total. The second-order valence-electron chi connectivity index (χ2n) is 6.00. The fourth-order valence-electron chi connectivity index (χ4n) is 2.91. The third-order valence-electron chi connectivity index (χ3n) is 4.06. The summed E-state index contributed by atoms with van der Waals surface area (Å²) in [6, 6.07) is -1.12. The first-order valence-corrected chi connectivity index (χ1v) is 7.30. The maximum atomic E-state index is 12.2. The molecule has 0 aromatic carbocycles. The summed E-state index contributed by atoms with van der Waals surface area (Å²) in [6.07, 6.45) is 1.04. The van der Waals surface area contributed by atoms with E-state index in [0.717, 1.165) is 12.8 Å². The van der Waals surface area contributed by atoms with Gasteiger partial charge in [-0.2, -0.15) is 0 Å². The van der Waals surface area contributed by atoms with Crippen molar-refractivity contribution in [1.29, 1.82) is 0 Å². The van der Waals surface area contributed by atoms with Crippen LogP contribution in [-0.2, 0) is 14.4 Å². The molecule has 2 unspecified atom stereocenters. The molecule has 0 aromatic heterocycles. The highest BCUT2D eigenvalue weighted by Crippen LogP contribution is 2.36. The van der Waals surface area contributed by atoms with Crippen molar-refractivity contribution in [2.75, 3.05) is 0 Å². The zero-order chi connectivity index (χ0) is 16.2. The molecular weight excluding hydrogens is 274 g/mol. The highest BCUT2D eigenvalue weighted by Gasteiger charge is 2.36. The van der Waals surface area contributed by atoms with Gasteiger partial charge in [-0.15, -0.1) is 0 Å². The second kappa shape index (κ2) is 7.40. The first kappa shape index (κ1) is 17.4. The molecule has 120 valence electrons. The van der Waals surface area contributed by atoms with Crippen molar-refractivity contribution in [2.24, 2.45) is 23.5 Å². The molecule has 1 saturated carbocycles. The van der Waals surface area contributed by atoms with Gasteiger partial charge in [0.15, 0.2) is 0 Å². The smallest absolute Gasteiger partial charge is 0.305 e. The highest BCUT2D eigenvalue weighted by molar-refractivity contribution is 5.86. The van der Waals surface area contributed by atoms with E-state index in [1.54, 1.807) is 6.92 Å². The van der Waals surface area contributed by atoms with Crippen molar-refractivity contribution < 1.29 is 19.5 Å². The first-order valence-electron chi connectivity index (χ1n) is 7.30. The van der Waals surface area contributed by atoms with Crippen LogP contribution in [0.4, 0.5) is 0 Å². The molecule has 2 amide bonds. The van der Waals surface area contributed by atoms with Gasteiger partial charge >= 0.3 is 5.97 Å². The minimum absolute atomic E-state index is 0.0444. The molecule has 0 aromatic rings. The molecule has 1 rings (SSSR count). The lowest BCUT2D eigenvalue weighted by Crippen LogP contribution is -2.53. The van der Waals surface area contributed by atoms with Gasteiger partial charge < -0.3 is 21.5 Å². The number of hydrogen-bond acceptors (Lipinski definition) is 4. The molecule has 4 atom stereocenters. The predicted molar refractivity (Wildman–Crippen MR) is 77.0 cm³/mol. The summed E-state index contributed by atoms with van der Waals surface area (Å²) in [5.41, 5.74) is 5.46. The Morgan fingerprint density at radius 1 is 1.19 bits per heavy atom. The molecule has 0 saturated heterocycles. The van der Waals surface area contributed by atoms with E-state index < -0.39 is 30.5 Å². The van der Waals surface area contributed by atoms with Crippen molar-refractivity contribution >= 4 is 17.8 Å². The van der Waals surface area contributed by atoms with E-state index in [4.69, 9.17) is 10.8 Å². The molecule has 1 fully saturated rings. The monoisotopic (exact) mass is 299 g/mol. The minimum Gasteiger partial charge on any atom is -0.481 e. The number of carboxylic acids is 1. The summed E-state index contributed by atoms with van der Waals surface area (Å²) in [4.78, 5) is 34.4. The quantitative estimate of drug-likeness (QED) is 0.516. The average Bonchev–Trinajstić information content (AvgIpc) is 2.67. The van der Waals surface area contributed by atoms with Gasteiger partial charge in [-0.05, 0) is 31.6 Å². The van der Waals surface area contributed by atoms with E-state index >= 15 is 0 Å². The van der Waals surface area contributed by atoms with Crippen LogP contribution in [-0.4, -0.2) is 35.1 Å². The van der Waals surface area contributed by atoms with Gasteiger partial charge in [-0.1, -0.05) is 13.8 Å². The topological polar surface area (TPSA) is 122 Å². The lowest BCUT2D eigenvalue weighted by atomic mass is 9.91. The van der Waals surface area contributed by atoms with Crippen molar-refractivity contribution in [2.45, 2.75) is 52.2 Å². The summed E-state index contributed by atoms with van der Waals surface area (Å²) in [6.45, 7) is 5.74. The third kappa shape index (κ3) is 5.00. The Bertz CT molecular complexity index is 403. The Morgan fingerprint density at radius 2 is 1.71 bits per heavy atom. The zero-order valence-corrected chi connectivity index (χ0v) is 12.8. The van der Waals surface area contributed by atoms with E-state index in [1.807, 2.05) is 0 Å². The summed E-state index contributed by atoms with van der Waals surface area (Å²) in [5, 5.41) is 13.8. The number of carbonyl (C=O) groups is 3. The lowest BCUT2D eigenvalue weighted by molar-refractivity contribution is -0.139. The van der Waals surface area contributed by atoms with Crippen LogP contribution in [0.2, 0.25) is 0 Å². The van der Waals surface area contributed by atoms with E-state index in [-0.39, 0.29) is 11.8 Å². The van der Waals surface area contributed by atoms with Crippen LogP contribution in [0, 0.1) is 17.8 Å². The van der Waals surface area contributed by atoms with Gasteiger partial charge in [-0.25, -0.2) is 0 Å². The van der Waals surface area contributed by atoms with Gasteiger partial charge in [0.1, 0.15) is 0 Å². The summed E-state index contributed by atoms with van der Waals surface area (Å²) in [5.74, 6) is -1.18. The van der Waals surface area contributed by atoms with Crippen LogP contribution < -0.4 is 16.4 Å². The minimum atomic E-state index is -1.14. The molecular formula is C14H25N3O4. The van der Waals surface area contributed by atoms with Gasteiger partial charge in [0.2, 0.25) is 11.8 Å². The fourth-order valence-corrected chi connectivity index (χ4v) is 2.91. The van der Waals surface area contributed by atoms with E-state index in [0.29, 0.717) is 11.8 Å². The van der Waals surface area contributed by atoms with Crippen molar-refractivity contribution in [3.8, 4) is 0 Å². The molecule has 1 aliphatic carbocycles. The van der Waals surface area contributed by atoms with Crippen LogP contribution in [0.5, 0.6) is 0 Å². The second-order valence-corrected chi connectivity index (χ2v) is 6.00. The Morgan fingerprint density at radius 3 is 2.19 bits per heavy atom. The maximum Gasteiger partial charge on any atom is 0.305 e. The molecule has 7 heteroatoms. The molecule has 0 aliphatic heterocycles. The SMILES string of the molecule is CC1CCC(C)C1C(=O)N[C@H](C)NC(=O)[C@@H](N)CC(=O)O. The van der Waals surface area contributed by atoms with Crippen LogP contribution in [0.1, 0.15) is 40.0 Å². The fraction of sp³-hybridized carbons (Fsp3) is 0.786. The first-order chi connectivity index (χ1) is 9.72. The molecule has 7 nitrogen and oxygen atoms in total. The molecule has 0 spiro atoms. The maximum absolute atomic E-state index is 12.2. The number of amides is 2. The van der Waals surface area contributed by atoms with Crippen LogP contribution in [0.15, 0.2) is 0 Å². The Kier molecular flexibility index (Phi) is 6.14. The standard InChI is InChI=1S/C14H25N3O4/c1-7-4-5-8(2)12(7)14(21)17-9(3)16-13(20)10(15)6-11(18)19/h7-10,12H,4-6,15H2,1-3H3,(H,16,20)(H,17,21)(H,18,19)/t7?,8?,9-,10+,12?/m1/s1. The van der Waals surface area contributed by atoms with E-state index in [9.17, 15) is 14.4 Å². The van der Waals surface area contributed by atoms with Gasteiger partial charge in [0.05, 0.1) is 18.6 Å². The van der Waals surface area contributed by atoms with Crippen LogP contribution >= 0.6 is 0 Å². The zero-order valence-electron chi connectivity index (χ0n) is 12.8. The Hall–Kier alpha value is -1.63. The number of hydrogen-bond donors (Lipinski definition) is 4. The molecule has 0 bridgehead atoms. The predicted octanol–water partition coefficient (Wildman–Crippen LogP) is 0.0490. The lowest BCUT2D eigenvalue weighted by Gasteiger charge is -2.23. The summed E-state index contributed by atoms with van der Waals surface area (Å²) in [7, 11) is 0. The van der Waals surface area contributed by atoms with Crippen molar-refractivity contribution in [3.63, 3.8) is 0 Å². The number of aliphatic carboxylic acids is 1. The largest absolute Gasteiger partial charge is 0.481 e. The van der Waals surface area contributed by atoms with Crippen LogP contribution in [0.3, 0.4) is 0 Å². The molecule has 0 heterocycles. The van der Waals surface area contributed by atoms with Gasteiger partial charge in [0, 0.05) is 5.92 Å². The van der Waals surface area contributed by atoms with Crippen LogP contribution in [0.25, 0.3) is 0 Å². The number of rotatable bonds is 6. The van der Waals surface area contributed by atoms with Crippen molar-refractivity contribution in [3.05, 3.63) is 0 Å². The number of nitrogens with one attached hydrogen (secondary N) is 2. The average molecular weight is 299 g/mol. The Balaban J connectivity index is 2.46. The highest BCUT2D eigenvalue weighted by atomic mass is 16.4. The number of carboxylic acid groups (broad SMARTS) is 1. The normalized spacial score (nSPS) is 27.7. The third-order valence-corrected chi connectivity index (χ3v) is 4.06. The molecule has 1 aliphatic rings. The van der Waals surface area contributed by atoms with Crippen molar-refractivity contribution in [1.82, 2.24) is 10.6 Å². The summed E-state index contributed by atoms with van der Waals surface area (Å²) < 4.78 is 0. The summed E-state index contributed by atoms with van der Waals surface area (Å²) >= 11 is 0. The van der Waals surface area contributed by atoms with E-state index in [1.165, 1.54) is 0 Å². The van der Waals surface area contributed by atoms with E-state index in [2.05, 4.69) is 24.5 Å². The number of carbonyl (C=O) groups excluding carboxylic acids is 2. The number of nitrogens with two attached hydrogens (primary N) is 1. The molecule has 21 heavy (non-hydrogen) atoms. The molecule has 0 radical (unpaired) electrons. The Labute approximate surface area is 124 Å². The van der Waals surface area contributed by atoms with Gasteiger partial charge in [0.25, 0.3) is 0 Å². The van der Waals surface area contributed by atoms with Gasteiger partial charge in [-0.3, -0.25) is 14.4 Å².